The standard InChI is InChI=1S/C5H7NO2.C2H6.2Re/c1-4(7)2-3-5(6)8;1-2;;/h2-3H,1H3,(H2,6,8);1-2H3;;/p-1/b3-2+;;;. The van der Waals surface area contributed by atoms with Crippen molar-refractivity contribution in [3.05, 3.63) is 17.9 Å². The van der Waals surface area contributed by atoms with Crippen LogP contribution in [0.15, 0.2) is 12.2 Å². The summed E-state index contributed by atoms with van der Waals surface area (Å²) in [6.07, 6.45) is 1.98. The summed E-state index contributed by atoms with van der Waals surface area (Å²) in [5.41, 5.74) is 6.29. The van der Waals surface area contributed by atoms with Gasteiger partial charge in [0.2, 0.25) is 0 Å². The van der Waals surface area contributed by atoms with Crippen molar-refractivity contribution in [1.82, 2.24) is 0 Å². The quantitative estimate of drug-likeness (QED) is 0.528. The molecule has 2 radical (unpaired) electrons. The molecule has 5 heteroatoms. The maximum Gasteiger partial charge on any atom is 0.152 e. The molecule has 1 N–H and O–H groups in total. The first-order valence-corrected chi connectivity index (χ1v) is 3.07. The Bertz CT molecular complexity index is 130. The molecular weight excluding hydrogens is 502 g/mol. The third-order valence-electron chi connectivity index (χ3n) is 0.469. The van der Waals surface area contributed by atoms with E-state index >= 15 is 0 Å². The number of amides is 1. The minimum atomic E-state index is -0.847. The SMILES string of the molecule is CC.CC(=O)/C=C/C([NH-])=O.[Re].[Re]. The summed E-state index contributed by atoms with van der Waals surface area (Å²) in [6.45, 7) is 5.32. The number of carbonyl (C=O) groups is 2. The van der Waals surface area contributed by atoms with Crippen LogP contribution in [0.2, 0.25) is 0 Å². The topological polar surface area (TPSA) is 57.9 Å². The van der Waals surface area contributed by atoms with Crippen LogP contribution >= 0.6 is 0 Å². The van der Waals surface area contributed by atoms with E-state index in [1.54, 1.807) is 0 Å². The molecule has 0 saturated carbocycles. The molecule has 0 aliphatic carbocycles. The van der Waals surface area contributed by atoms with Crippen LogP contribution in [0.4, 0.5) is 0 Å². The molecule has 0 heterocycles. The van der Waals surface area contributed by atoms with Gasteiger partial charge in [0.25, 0.3) is 0 Å². The average molecular weight is 515 g/mol. The molecule has 72 valence electrons. The van der Waals surface area contributed by atoms with Crippen LogP contribution in [0.3, 0.4) is 0 Å². The number of hydrogen-bond donors (Lipinski definition) is 0. The van der Waals surface area contributed by atoms with Crippen LogP contribution < -0.4 is 0 Å². The minimum Gasteiger partial charge on any atom is -0.664 e. The molecule has 0 aromatic heterocycles. The third-order valence-corrected chi connectivity index (χ3v) is 0.469. The van der Waals surface area contributed by atoms with Crippen molar-refractivity contribution in [2.45, 2.75) is 20.8 Å². The molecule has 3 nitrogen and oxygen atoms in total. The zero-order chi connectivity index (χ0) is 8.57. The summed E-state index contributed by atoms with van der Waals surface area (Å²) in [4.78, 5) is 19.8. The number of hydrogen-bond acceptors (Lipinski definition) is 2. The van der Waals surface area contributed by atoms with Gasteiger partial charge in [0.1, 0.15) is 0 Å². The Labute approximate surface area is 100 Å². The van der Waals surface area contributed by atoms with Crippen molar-refractivity contribution < 1.29 is 50.4 Å². The van der Waals surface area contributed by atoms with Crippen molar-refractivity contribution in [2.75, 3.05) is 0 Å². The van der Waals surface area contributed by atoms with Crippen molar-refractivity contribution in [1.29, 1.82) is 0 Å². The average Bonchev–Trinajstić information content (AvgIpc) is 1.89. The predicted octanol–water partition coefficient (Wildman–Crippen LogP) is 1.73. The van der Waals surface area contributed by atoms with Gasteiger partial charge in [-0.25, -0.2) is 0 Å². The van der Waals surface area contributed by atoms with Crippen molar-refractivity contribution in [3.63, 3.8) is 0 Å². The number of nitrogens with one attached hydrogen (secondary N) is 1. The van der Waals surface area contributed by atoms with Gasteiger partial charge in [-0.05, 0) is 19.1 Å². The second-order valence-electron chi connectivity index (χ2n) is 1.31. The largest absolute Gasteiger partial charge is 0.664 e. The van der Waals surface area contributed by atoms with Crippen molar-refractivity contribution >= 4 is 11.7 Å². The van der Waals surface area contributed by atoms with Gasteiger partial charge in [-0.1, -0.05) is 13.8 Å². The first kappa shape index (κ1) is 22.8. The minimum absolute atomic E-state index is 0. The summed E-state index contributed by atoms with van der Waals surface area (Å²) in [6, 6.07) is 0. The van der Waals surface area contributed by atoms with Gasteiger partial charge >= 0.3 is 0 Å². The second kappa shape index (κ2) is 17.3. The summed E-state index contributed by atoms with van der Waals surface area (Å²) in [7, 11) is 0. The number of rotatable bonds is 2. The number of carbonyl (C=O) groups excluding carboxylic acids is 2. The van der Waals surface area contributed by atoms with Crippen molar-refractivity contribution in [3.8, 4) is 0 Å². The van der Waals surface area contributed by atoms with E-state index in [9.17, 15) is 9.59 Å². The van der Waals surface area contributed by atoms with Crippen LogP contribution in [0.1, 0.15) is 20.8 Å². The maximum atomic E-state index is 10.0. The van der Waals surface area contributed by atoms with Crippen LogP contribution in [-0.2, 0) is 50.4 Å². The molecule has 0 unspecified atom stereocenters. The first-order chi connectivity index (χ1) is 4.63. The molecule has 0 atom stereocenters. The van der Waals surface area contributed by atoms with E-state index in [2.05, 4.69) is 0 Å². The fourth-order valence-electron chi connectivity index (χ4n) is 0.193. The fraction of sp³-hybridized carbons (Fsp3) is 0.429. The smallest absolute Gasteiger partial charge is 0.152 e. The number of ketones is 1. The van der Waals surface area contributed by atoms with Gasteiger partial charge < -0.3 is 10.5 Å². The van der Waals surface area contributed by atoms with E-state index in [0.29, 0.717) is 0 Å². The molecule has 12 heavy (non-hydrogen) atoms. The summed E-state index contributed by atoms with van der Waals surface area (Å²) >= 11 is 0. The molecule has 0 spiro atoms. The molecule has 0 saturated heterocycles. The van der Waals surface area contributed by atoms with E-state index in [4.69, 9.17) is 5.73 Å². The van der Waals surface area contributed by atoms with Crippen LogP contribution in [-0.4, -0.2) is 11.7 Å². The van der Waals surface area contributed by atoms with Crippen LogP contribution in [0.25, 0.3) is 5.73 Å². The van der Waals surface area contributed by atoms with E-state index in [1.165, 1.54) is 6.92 Å². The predicted molar refractivity (Wildman–Crippen MR) is 40.5 cm³/mol. The van der Waals surface area contributed by atoms with Gasteiger partial charge in [-0.2, -0.15) is 0 Å². The Morgan fingerprint density at radius 2 is 1.42 bits per heavy atom. The Morgan fingerprint density at radius 3 is 1.50 bits per heavy atom. The molecule has 1 amide bonds. The number of allylic oxidation sites excluding steroid dienone is 1. The molecule has 0 aliphatic rings. The Hall–Kier alpha value is 0.205. The maximum absolute atomic E-state index is 10.0. The van der Waals surface area contributed by atoms with Gasteiger partial charge in [0.05, 0.1) is 5.91 Å². The van der Waals surface area contributed by atoms with E-state index in [0.717, 1.165) is 12.2 Å². The van der Waals surface area contributed by atoms with Crippen LogP contribution in [0, 0.1) is 0 Å². The van der Waals surface area contributed by atoms with Gasteiger partial charge in [-0.3, -0.25) is 4.79 Å². The molecule has 0 rings (SSSR count). The fourth-order valence-corrected chi connectivity index (χ4v) is 0.193. The van der Waals surface area contributed by atoms with Gasteiger partial charge in [0, 0.05) is 40.8 Å². The van der Waals surface area contributed by atoms with E-state index in [-0.39, 0.29) is 46.6 Å². The molecule has 0 fully saturated rings. The van der Waals surface area contributed by atoms with Crippen LogP contribution in [0.5, 0.6) is 0 Å². The molecule has 0 aromatic rings. The second-order valence-corrected chi connectivity index (χ2v) is 1.31. The van der Waals surface area contributed by atoms with E-state index < -0.39 is 5.91 Å². The summed E-state index contributed by atoms with van der Waals surface area (Å²) in [5.74, 6) is -1.06. The Morgan fingerprint density at radius 1 is 1.08 bits per heavy atom. The molecule has 0 bridgehead atoms. The molecule has 0 aliphatic heterocycles. The Kier molecular flexibility index (Phi) is 32.9. The van der Waals surface area contributed by atoms with Crippen molar-refractivity contribution in [2.24, 2.45) is 0 Å². The van der Waals surface area contributed by atoms with E-state index in [1.807, 2.05) is 13.8 Å². The third kappa shape index (κ3) is 31.9. The Balaban J connectivity index is -0.0000000740. The van der Waals surface area contributed by atoms with Gasteiger partial charge in [0.15, 0.2) is 5.78 Å². The first-order valence-electron chi connectivity index (χ1n) is 3.07. The molecular formula is C7H12NO2Re2-. The monoisotopic (exact) mass is 516 g/mol. The van der Waals surface area contributed by atoms with Gasteiger partial charge in [-0.15, -0.1) is 0 Å². The zero-order valence-electron chi connectivity index (χ0n) is 7.23. The summed E-state index contributed by atoms with van der Waals surface area (Å²) < 4.78 is 0. The summed E-state index contributed by atoms with van der Waals surface area (Å²) in [5, 5.41) is 0. The zero-order valence-corrected chi connectivity index (χ0v) is 12.7. The normalized spacial score (nSPS) is 6.92. The molecule has 0 aromatic carbocycles.